The first kappa shape index (κ1) is 21.4. The number of ether oxygens (including phenoxy) is 5. The summed E-state index contributed by atoms with van der Waals surface area (Å²) < 4.78 is 32.4. The lowest BCUT2D eigenvalue weighted by Gasteiger charge is -2.11. The number of carbonyl (C=O) groups excluding carboxylic acids is 1. The van der Waals surface area contributed by atoms with Crippen molar-refractivity contribution in [2.75, 3.05) is 21.0 Å². The summed E-state index contributed by atoms with van der Waals surface area (Å²) in [4.78, 5) is 25.5. The van der Waals surface area contributed by atoms with Crippen molar-refractivity contribution in [3.05, 3.63) is 76.1 Å². The van der Waals surface area contributed by atoms with Crippen molar-refractivity contribution in [2.24, 2.45) is 0 Å². The van der Waals surface area contributed by atoms with Crippen LogP contribution in [0.25, 0.3) is 22.1 Å². The molecule has 0 radical (unpaired) electrons. The van der Waals surface area contributed by atoms with E-state index < -0.39 is 11.6 Å². The molecule has 34 heavy (non-hydrogen) atoms. The molecule has 0 fully saturated rings. The Bertz CT molecular complexity index is 1480. The fraction of sp³-hybridized carbons (Fsp3) is 0.154. The number of methoxy groups -OCH3 is 2. The summed E-state index contributed by atoms with van der Waals surface area (Å²) in [7, 11) is 3.01. The van der Waals surface area contributed by atoms with Gasteiger partial charge in [-0.2, -0.15) is 0 Å². The van der Waals surface area contributed by atoms with E-state index in [1.165, 1.54) is 14.2 Å². The predicted molar refractivity (Wildman–Crippen MR) is 123 cm³/mol. The number of aryl methyl sites for hydroxylation is 1. The molecule has 172 valence electrons. The average Bonchev–Trinajstić information content (AvgIpc) is 3.32. The maximum Gasteiger partial charge on any atom is 0.344 e. The minimum Gasteiger partial charge on any atom is -0.493 e. The van der Waals surface area contributed by atoms with Crippen molar-refractivity contribution in [1.82, 2.24) is 0 Å². The Labute approximate surface area is 194 Å². The van der Waals surface area contributed by atoms with Gasteiger partial charge in [0.2, 0.25) is 6.79 Å². The van der Waals surface area contributed by atoms with Crippen molar-refractivity contribution in [2.45, 2.75) is 6.92 Å². The van der Waals surface area contributed by atoms with Gasteiger partial charge in [0, 0.05) is 5.39 Å². The molecule has 2 heterocycles. The van der Waals surface area contributed by atoms with Crippen LogP contribution in [0.3, 0.4) is 0 Å². The molecule has 8 nitrogen and oxygen atoms in total. The predicted octanol–water partition coefficient (Wildman–Crippen LogP) is 4.73. The molecular weight excluding hydrogens is 440 g/mol. The first-order valence-corrected chi connectivity index (χ1v) is 10.4. The number of carbonyl (C=O) groups is 1. The molecular formula is C26H20O8. The maximum absolute atomic E-state index is 12.8. The number of hydrogen-bond donors (Lipinski definition) is 0. The quantitative estimate of drug-likeness (QED) is 0.240. The normalized spacial score (nSPS) is 12.0. The molecule has 0 aliphatic carbocycles. The third kappa shape index (κ3) is 3.69. The second kappa shape index (κ2) is 8.47. The third-order valence-corrected chi connectivity index (χ3v) is 5.63. The third-order valence-electron chi connectivity index (χ3n) is 5.63. The van der Waals surface area contributed by atoms with Crippen LogP contribution in [0.5, 0.6) is 28.7 Å². The first-order chi connectivity index (χ1) is 16.5. The van der Waals surface area contributed by atoms with Crippen molar-refractivity contribution in [3.8, 4) is 39.9 Å². The molecule has 0 spiro atoms. The van der Waals surface area contributed by atoms with Crippen LogP contribution in [0.2, 0.25) is 0 Å². The highest BCUT2D eigenvalue weighted by molar-refractivity contribution is 5.93. The lowest BCUT2D eigenvalue weighted by molar-refractivity contribution is 0.0734. The number of benzene rings is 3. The lowest BCUT2D eigenvalue weighted by Crippen LogP contribution is -2.09. The number of hydrogen-bond acceptors (Lipinski definition) is 8. The van der Waals surface area contributed by atoms with Crippen LogP contribution in [0.4, 0.5) is 0 Å². The van der Waals surface area contributed by atoms with Crippen molar-refractivity contribution in [3.63, 3.8) is 0 Å². The SMILES string of the molecule is COc1ccc(C(=O)Oc2ccc3oc(=O)c(-c4ccc5c(c4)OCO5)c(C)c3c2)cc1OC. The van der Waals surface area contributed by atoms with Gasteiger partial charge in [0.15, 0.2) is 23.0 Å². The molecule has 3 aromatic carbocycles. The Hall–Kier alpha value is -4.46. The fourth-order valence-electron chi connectivity index (χ4n) is 3.91. The number of fused-ring (bicyclic) bond motifs is 2. The number of rotatable bonds is 5. The minimum absolute atomic E-state index is 0.138. The van der Waals surface area contributed by atoms with Gasteiger partial charge in [-0.05, 0) is 66.6 Å². The smallest absolute Gasteiger partial charge is 0.344 e. The topological polar surface area (TPSA) is 93.4 Å². The van der Waals surface area contributed by atoms with E-state index >= 15 is 0 Å². The van der Waals surface area contributed by atoms with Gasteiger partial charge < -0.3 is 28.1 Å². The summed E-state index contributed by atoms with van der Waals surface area (Å²) in [6.45, 7) is 1.96. The van der Waals surface area contributed by atoms with Crippen molar-refractivity contribution >= 4 is 16.9 Å². The zero-order chi connectivity index (χ0) is 23.8. The van der Waals surface area contributed by atoms with Gasteiger partial charge in [-0.1, -0.05) is 6.07 Å². The summed E-state index contributed by atoms with van der Waals surface area (Å²) in [6, 6.07) is 14.9. The molecule has 0 unspecified atom stereocenters. The number of esters is 1. The summed E-state index contributed by atoms with van der Waals surface area (Å²) in [5, 5.41) is 0.643. The van der Waals surface area contributed by atoms with Gasteiger partial charge in [0.25, 0.3) is 0 Å². The molecule has 0 saturated heterocycles. The highest BCUT2D eigenvalue weighted by atomic mass is 16.7. The molecule has 0 bridgehead atoms. The first-order valence-electron chi connectivity index (χ1n) is 10.4. The fourth-order valence-corrected chi connectivity index (χ4v) is 3.91. The molecule has 0 atom stereocenters. The van der Waals surface area contributed by atoms with Crippen LogP contribution in [0.15, 0.2) is 63.8 Å². The standard InChI is InChI=1S/C26H20O8/c1-14-18-12-17(33-25(27)16-5-7-20(29-2)22(11-16)30-3)6-9-19(18)34-26(28)24(14)15-4-8-21-23(10-15)32-13-31-21/h4-12H,13H2,1-3H3. The molecule has 8 heteroatoms. The van der Waals surface area contributed by atoms with Crippen molar-refractivity contribution < 1.29 is 32.9 Å². The second-order valence-electron chi connectivity index (χ2n) is 7.57. The van der Waals surface area contributed by atoms with Crippen LogP contribution >= 0.6 is 0 Å². The summed E-state index contributed by atoms with van der Waals surface area (Å²) >= 11 is 0. The van der Waals surface area contributed by atoms with Gasteiger partial charge in [0.1, 0.15) is 11.3 Å². The van der Waals surface area contributed by atoms with Gasteiger partial charge in [-0.25, -0.2) is 9.59 Å². The van der Waals surface area contributed by atoms with Crippen LogP contribution in [-0.2, 0) is 0 Å². The summed E-state index contributed by atoms with van der Waals surface area (Å²) in [5.74, 6) is 1.85. The van der Waals surface area contributed by atoms with Gasteiger partial charge >= 0.3 is 11.6 Å². The van der Waals surface area contributed by atoms with E-state index in [4.69, 9.17) is 28.1 Å². The summed E-state index contributed by atoms with van der Waals surface area (Å²) in [5.41, 5.74) is 1.94. The largest absolute Gasteiger partial charge is 0.493 e. The Kier molecular flexibility index (Phi) is 5.33. The zero-order valence-electron chi connectivity index (χ0n) is 18.7. The van der Waals surface area contributed by atoms with E-state index in [1.54, 1.807) is 54.6 Å². The molecule has 1 aliphatic heterocycles. The van der Waals surface area contributed by atoms with Gasteiger partial charge in [0.05, 0.1) is 25.3 Å². The van der Waals surface area contributed by atoms with Crippen LogP contribution in [0, 0.1) is 6.92 Å². The van der Waals surface area contributed by atoms with E-state index in [0.29, 0.717) is 62.0 Å². The highest BCUT2D eigenvalue weighted by Crippen LogP contribution is 2.37. The zero-order valence-corrected chi connectivity index (χ0v) is 18.7. The maximum atomic E-state index is 12.8. The molecule has 0 N–H and O–H groups in total. The molecule has 5 rings (SSSR count). The van der Waals surface area contributed by atoms with Crippen LogP contribution < -0.4 is 29.3 Å². The van der Waals surface area contributed by atoms with E-state index in [0.717, 1.165) is 0 Å². The Morgan fingerprint density at radius 1 is 0.882 bits per heavy atom. The Morgan fingerprint density at radius 3 is 2.47 bits per heavy atom. The average molecular weight is 460 g/mol. The molecule has 0 saturated carbocycles. The monoisotopic (exact) mass is 460 g/mol. The van der Waals surface area contributed by atoms with Crippen LogP contribution in [-0.4, -0.2) is 27.0 Å². The van der Waals surface area contributed by atoms with E-state index in [1.807, 2.05) is 6.92 Å². The summed E-state index contributed by atoms with van der Waals surface area (Å²) in [6.07, 6.45) is 0. The second-order valence-corrected chi connectivity index (χ2v) is 7.57. The van der Waals surface area contributed by atoms with Crippen molar-refractivity contribution in [1.29, 1.82) is 0 Å². The lowest BCUT2D eigenvalue weighted by atomic mass is 9.99. The molecule has 1 aromatic heterocycles. The minimum atomic E-state index is -0.564. The molecule has 4 aromatic rings. The molecule has 1 aliphatic rings. The molecule has 0 amide bonds. The van der Waals surface area contributed by atoms with E-state index in [2.05, 4.69) is 0 Å². The highest BCUT2D eigenvalue weighted by Gasteiger charge is 2.19. The Morgan fingerprint density at radius 2 is 1.68 bits per heavy atom. The Balaban J connectivity index is 1.51. The van der Waals surface area contributed by atoms with Crippen LogP contribution in [0.1, 0.15) is 15.9 Å². The van der Waals surface area contributed by atoms with Gasteiger partial charge in [-0.3, -0.25) is 0 Å². The van der Waals surface area contributed by atoms with E-state index in [9.17, 15) is 9.59 Å². The van der Waals surface area contributed by atoms with Gasteiger partial charge in [-0.15, -0.1) is 0 Å². The van der Waals surface area contributed by atoms with E-state index in [-0.39, 0.29) is 6.79 Å².